The molecule has 0 radical (unpaired) electrons. The molecule has 0 aliphatic heterocycles. The zero-order valence-corrected chi connectivity index (χ0v) is 6.16. The Hall–Kier alpha value is -1.31. The summed E-state index contributed by atoms with van der Waals surface area (Å²) in [7, 11) is 0. The molecule has 2 rings (SSSR count). The fourth-order valence-corrected chi connectivity index (χ4v) is 1.16. The van der Waals surface area contributed by atoms with Crippen molar-refractivity contribution in [2.75, 3.05) is 0 Å². The van der Waals surface area contributed by atoms with E-state index in [0.29, 0.717) is 0 Å². The van der Waals surface area contributed by atoms with Crippen molar-refractivity contribution in [1.82, 2.24) is 4.98 Å². The fraction of sp³-hybridized carbons (Fsp3) is 0.222. The summed E-state index contributed by atoms with van der Waals surface area (Å²) < 4.78 is 4.88. The van der Waals surface area contributed by atoms with E-state index in [-0.39, 0.29) is 0 Å². The van der Waals surface area contributed by atoms with E-state index in [9.17, 15) is 0 Å². The van der Waals surface area contributed by atoms with Crippen LogP contribution in [0.15, 0.2) is 35.3 Å². The molecule has 0 unspecified atom stereocenters. The second-order valence-electron chi connectivity index (χ2n) is 2.51. The van der Waals surface area contributed by atoms with Gasteiger partial charge < -0.3 is 4.42 Å². The molecular weight excluding hydrogens is 138 g/mol. The molecule has 0 bridgehead atoms. The van der Waals surface area contributed by atoms with Gasteiger partial charge in [0.1, 0.15) is 12.0 Å². The lowest BCUT2D eigenvalue weighted by atomic mass is 10.1. The Morgan fingerprint density at radius 3 is 3.00 bits per heavy atom. The number of nitrogens with zero attached hydrogens (tertiary/aromatic N) is 1. The Morgan fingerprint density at radius 2 is 2.36 bits per heavy atom. The van der Waals surface area contributed by atoms with Gasteiger partial charge in [0.2, 0.25) is 0 Å². The third-order valence-corrected chi connectivity index (χ3v) is 1.72. The Kier molecular flexibility index (Phi) is 1.60. The lowest BCUT2D eigenvalue weighted by Gasteiger charge is -2.01. The first kappa shape index (κ1) is 6.40. The van der Waals surface area contributed by atoms with Crippen LogP contribution in [0.1, 0.15) is 18.5 Å². The lowest BCUT2D eigenvalue weighted by molar-refractivity contribution is 0.557. The zero-order chi connectivity index (χ0) is 7.52. The molecule has 1 heterocycles. The van der Waals surface area contributed by atoms with Crippen molar-refractivity contribution >= 4 is 5.57 Å². The molecule has 0 N–H and O–H groups in total. The Balaban J connectivity index is 2.29. The van der Waals surface area contributed by atoms with Crippen molar-refractivity contribution in [2.24, 2.45) is 0 Å². The maximum atomic E-state index is 4.88. The van der Waals surface area contributed by atoms with Gasteiger partial charge in [0.15, 0.2) is 6.39 Å². The summed E-state index contributed by atoms with van der Waals surface area (Å²) in [6, 6.07) is 0. The monoisotopic (exact) mass is 147 g/mol. The first-order valence-electron chi connectivity index (χ1n) is 3.72. The van der Waals surface area contributed by atoms with Crippen LogP contribution in [0.4, 0.5) is 0 Å². The summed E-state index contributed by atoms with van der Waals surface area (Å²) in [5, 5.41) is 0. The van der Waals surface area contributed by atoms with Crippen LogP contribution in [0.3, 0.4) is 0 Å². The van der Waals surface area contributed by atoms with Crippen molar-refractivity contribution in [2.45, 2.75) is 12.8 Å². The summed E-state index contributed by atoms with van der Waals surface area (Å²) in [5.74, 6) is 0. The molecule has 56 valence electrons. The molecule has 0 atom stereocenters. The largest absolute Gasteiger partial charge is 0.451 e. The van der Waals surface area contributed by atoms with Gasteiger partial charge >= 0.3 is 0 Å². The number of hydrogen-bond donors (Lipinski definition) is 0. The first-order valence-corrected chi connectivity index (χ1v) is 3.72. The minimum atomic E-state index is 0.931. The summed E-state index contributed by atoms with van der Waals surface area (Å²) in [4.78, 5) is 4.05. The van der Waals surface area contributed by atoms with E-state index >= 15 is 0 Å². The van der Waals surface area contributed by atoms with Crippen LogP contribution in [0, 0.1) is 0 Å². The number of aromatic nitrogens is 1. The highest BCUT2D eigenvalue weighted by molar-refractivity contribution is 5.71. The van der Waals surface area contributed by atoms with Crippen LogP contribution in [0.2, 0.25) is 0 Å². The molecule has 0 spiro atoms. The summed E-state index contributed by atoms with van der Waals surface area (Å²) in [6.45, 7) is 0. The van der Waals surface area contributed by atoms with Gasteiger partial charge in [0.25, 0.3) is 0 Å². The van der Waals surface area contributed by atoms with Crippen LogP contribution in [-0.4, -0.2) is 4.98 Å². The highest BCUT2D eigenvalue weighted by Crippen LogP contribution is 2.18. The quantitative estimate of drug-likeness (QED) is 0.609. The van der Waals surface area contributed by atoms with E-state index in [1.807, 2.05) is 0 Å². The van der Waals surface area contributed by atoms with E-state index in [0.717, 1.165) is 18.5 Å². The van der Waals surface area contributed by atoms with Crippen molar-refractivity contribution in [1.29, 1.82) is 0 Å². The average molecular weight is 147 g/mol. The Labute approximate surface area is 65.2 Å². The second kappa shape index (κ2) is 2.74. The zero-order valence-electron chi connectivity index (χ0n) is 6.16. The van der Waals surface area contributed by atoms with Gasteiger partial charge in [-0.1, -0.05) is 18.2 Å². The predicted molar refractivity (Wildman–Crippen MR) is 42.9 cm³/mol. The highest BCUT2D eigenvalue weighted by Gasteiger charge is 2.02. The smallest absolute Gasteiger partial charge is 0.181 e. The van der Waals surface area contributed by atoms with Gasteiger partial charge in [0, 0.05) is 0 Å². The van der Waals surface area contributed by atoms with E-state index < -0.39 is 0 Å². The minimum Gasteiger partial charge on any atom is -0.451 e. The number of rotatable bonds is 1. The minimum absolute atomic E-state index is 0.931. The maximum Gasteiger partial charge on any atom is 0.181 e. The van der Waals surface area contributed by atoms with Gasteiger partial charge in [-0.05, 0) is 18.4 Å². The van der Waals surface area contributed by atoms with Crippen molar-refractivity contribution in [3.05, 3.63) is 36.6 Å². The van der Waals surface area contributed by atoms with Crippen molar-refractivity contribution in [3.63, 3.8) is 0 Å². The van der Waals surface area contributed by atoms with Crippen LogP contribution in [-0.2, 0) is 0 Å². The van der Waals surface area contributed by atoms with Crippen LogP contribution < -0.4 is 0 Å². The molecule has 1 aromatic heterocycles. The predicted octanol–water partition coefficient (Wildman–Crippen LogP) is 2.41. The van der Waals surface area contributed by atoms with Crippen LogP contribution >= 0.6 is 0 Å². The molecule has 0 saturated heterocycles. The molecule has 11 heavy (non-hydrogen) atoms. The molecule has 1 aliphatic carbocycles. The molecule has 2 heteroatoms. The van der Waals surface area contributed by atoms with E-state index in [2.05, 4.69) is 23.2 Å². The lowest BCUT2D eigenvalue weighted by Crippen LogP contribution is -1.84. The molecule has 0 saturated carbocycles. The first-order chi connectivity index (χ1) is 5.47. The number of oxazole rings is 1. The Morgan fingerprint density at radius 1 is 1.36 bits per heavy atom. The molecule has 0 aromatic carbocycles. The number of hydrogen-bond acceptors (Lipinski definition) is 2. The molecule has 2 nitrogen and oxygen atoms in total. The van der Waals surface area contributed by atoms with E-state index in [1.54, 1.807) is 6.26 Å². The topological polar surface area (TPSA) is 26.0 Å². The molecule has 1 aromatic rings. The molecule has 0 fully saturated rings. The fourth-order valence-electron chi connectivity index (χ4n) is 1.16. The third-order valence-electron chi connectivity index (χ3n) is 1.72. The van der Waals surface area contributed by atoms with Crippen molar-refractivity contribution in [3.8, 4) is 0 Å². The van der Waals surface area contributed by atoms with E-state index in [4.69, 9.17) is 4.42 Å². The van der Waals surface area contributed by atoms with Gasteiger partial charge in [-0.15, -0.1) is 0 Å². The summed E-state index contributed by atoms with van der Waals surface area (Å²) >= 11 is 0. The van der Waals surface area contributed by atoms with Crippen LogP contribution in [0.25, 0.3) is 5.57 Å². The summed E-state index contributed by atoms with van der Waals surface area (Å²) in [5.41, 5.74) is 2.10. The molecule has 1 aliphatic rings. The SMILES string of the molecule is C1=CC(c2cocn2)=CCC1. The summed E-state index contributed by atoms with van der Waals surface area (Å²) in [6.07, 6.45) is 11.8. The average Bonchev–Trinajstić information content (AvgIpc) is 2.58. The second-order valence-corrected chi connectivity index (χ2v) is 2.51. The Bertz CT molecular complexity index is 283. The normalized spacial score (nSPS) is 16.5. The number of allylic oxidation sites excluding steroid dienone is 4. The standard InChI is InChI=1S/C9H9NO/c1-2-4-8(5-3-1)9-6-11-7-10-9/h2,4-7H,1,3H2. The van der Waals surface area contributed by atoms with E-state index in [1.165, 1.54) is 12.0 Å². The maximum absolute atomic E-state index is 4.88. The van der Waals surface area contributed by atoms with Gasteiger partial charge in [-0.3, -0.25) is 0 Å². The van der Waals surface area contributed by atoms with Gasteiger partial charge in [0.05, 0.1) is 0 Å². The van der Waals surface area contributed by atoms with Crippen LogP contribution in [0.5, 0.6) is 0 Å². The highest BCUT2D eigenvalue weighted by atomic mass is 16.3. The van der Waals surface area contributed by atoms with Gasteiger partial charge in [-0.2, -0.15) is 0 Å². The molecule has 0 amide bonds. The third kappa shape index (κ3) is 1.24. The van der Waals surface area contributed by atoms with Gasteiger partial charge in [-0.25, -0.2) is 4.98 Å². The van der Waals surface area contributed by atoms with Crippen molar-refractivity contribution < 1.29 is 4.42 Å². The molecular formula is C9H9NO.